The summed E-state index contributed by atoms with van der Waals surface area (Å²) in [6.07, 6.45) is 5.69. The number of aldehydes is 1. The number of hydrogen-bond acceptors (Lipinski definition) is 4. The number of nitrogens with zero attached hydrogens (tertiary/aromatic N) is 2. The molecule has 0 saturated carbocycles. The predicted octanol–water partition coefficient (Wildman–Crippen LogP) is 2.61. The second-order valence-electron chi connectivity index (χ2n) is 3.87. The molecule has 1 N–H and O–H groups in total. The van der Waals surface area contributed by atoms with Crippen LogP contribution in [0.3, 0.4) is 0 Å². The largest absolute Gasteiger partial charge is 0.396 e. The average Bonchev–Trinajstić information content (AvgIpc) is 2.45. The lowest BCUT2D eigenvalue weighted by molar-refractivity contribution is 0.112. The number of benzene rings is 1. The molecule has 0 fully saturated rings. The summed E-state index contributed by atoms with van der Waals surface area (Å²) in [6, 6.07) is 7.53. The van der Waals surface area contributed by atoms with Gasteiger partial charge in [-0.1, -0.05) is 44.0 Å². The zero-order valence-electron chi connectivity index (χ0n) is 10.5. The molecule has 18 heavy (non-hydrogen) atoms. The smallest absolute Gasteiger partial charge is 0.170 e. The average molecular weight is 246 g/mol. The summed E-state index contributed by atoms with van der Waals surface area (Å²) >= 11 is 0. The van der Waals surface area contributed by atoms with Crippen LogP contribution in [0.4, 0.5) is 0 Å². The molecule has 4 heteroatoms. The van der Waals surface area contributed by atoms with Crippen LogP contribution in [0.25, 0.3) is 10.8 Å². The first-order valence-corrected chi connectivity index (χ1v) is 6.10. The van der Waals surface area contributed by atoms with E-state index in [0.29, 0.717) is 12.3 Å². The van der Waals surface area contributed by atoms with Crippen molar-refractivity contribution in [3.05, 3.63) is 36.2 Å². The highest BCUT2D eigenvalue weighted by molar-refractivity contribution is 5.95. The van der Waals surface area contributed by atoms with Crippen molar-refractivity contribution in [3.63, 3.8) is 0 Å². The molecule has 0 saturated heterocycles. The van der Waals surface area contributed by atoms with Crippen LogP contribution in [-0.2, 0) is 0 Å². The molecule has 2 rings (SSSR count). The van der Waals surface area contributed by atoms with Gasteiger partial charge in [-0.2, -0.15) is 5.10 Å². The maximum Gasteiger partial charge on any atom is 0.170 e. The van der Waals surface area contributed by atoms with Gasteiger partial charge in [0.15, 0.2) is 6.29 Å². The van der Waals surface area contributed by atoms with Crippen molar-refractivity contribution in [2.75, 3.05) is 6.61 Å². The van der Waals surface area contributed by atoms with Crippen LogP contribution in [0.15, 0.2) is 30.5 Å². The molecule has 0 spiro atoms. The number of hydrogen-bond donors (Lipinski definition) is 1. The van der Waals surface area contributed by atoms with E-state index in [-0.39, 0.29) is 0 Å². The van der Waals surface area contributed by atoms with Crippen molar-refractivity contribution in [1.82, 2.24) is 10.2 Å². The van der Waals surface area contributed by atoms with Gasteiger partial charge >= 0.3 is 0 Å². The molecule has 0 radical (unpaired) electrons. The quantitative estimate of drug-likeness (QED) is 0.665. The van der Waals surface area contributed by atoms with Crippen LogP contribution >= 0.6 is 0 Å². The summed E-state index contributed by atoms with van der Waals surface area (Å²) in [4.78, 5) is 10.5. The molecule has 0 bridgehead atoms. The Morgan fingerprint density at radius 1 is 1.28 bits per heavy atom. The molecule has 0 unspecified atom stereocenters. The van der Waals surface area contributed by atoms with Gasteiger partial charge in [-0.3, -0.25) is 4.79 Å². The first-order valence-electron chi connectivity index (χ1n) is 6.10. The third-order valence-corrected chi connectivity index (χ3v) is 2.47. The zero-order chi connectivity index (χ0) is 13.2. The Morgan fingerprint density at radius 3 is 2.67 bits per heavy atom. The number of unbranched alkanes of at least 4 members (excludes halogenated alkanes) is 2. The van der Waals surface area contributed by atoms with Gasteiger partial charge in [-0.25, -0.2) is 0 Å². The first-order chi connectivity index (χ1) is 8.83. The van der Waals surface area contributed by atoms with Crippen LogP contribution in [0.2, 0.25) is 0 Å². The van der Waals surface area contributed by atoms with Crippen molar-refractivity contribution < 1.29 is 9.90 Å². The molecule has 0 atom stereocenters. The van der Waals surface area contributed by atoms with Crippen LogP contribution in [0.5, 0.6) is 0 Å². The van der Waals surface area contributed by atoms with Crippen molar-refractivity contribution >= 4 is 17.1 Å². The molecule has 0 aliphatic heterocycles. The van der Waals surface area contributed by atoms with E-state index in [1.807, 2.05) is 24.3 Å². The highest BCUT2D eigenvalue weighted by Crippen LogP contribution is 2.12. The fourth-order valence-electron chi connectivity index (χ4n) is 1.50. The molecule has 1 aromatic carbocycles. The monoisotopic (exact) mass is 246 g/mol. The summed E-state index contributed by atoms with van der Waals surface area (Å²) < 4.78 is 0. The number of fused-ring (bicyclic) bond motifs is 1. The van der Waals surface area contributed by atoms with E-state index in [4.69, 9.17) is 5.11 Å². The summed E-state index contributed by atoms with van der Waals surface area (Å²) in [6.45, 7) is 2.48. The minimum absolute atomic E-state index is 0.355. The van der Waals surface area contributed by atoms with Crippen molar-refractivity contribution in [3.8, 4) is 0 Å². The molecule has 2 aromatic rings. The molecular formula is C14H18N2O2. The maximum absolute atomic E-state index is 10.5. The summed E-state index contributed by atoms with van der Waals surface area (Å²) in [5.74, 6) is 0. The Labute approximate surface area is 107 Å². The van der Waals surface area contributed by atoms with E-state index in [2.05, 4.69) is 17.1 Å². The molecule has 0 aliphatic carbocycles. The van der Waals surface area contributed by atoms with Crippen molar-refractivity contribution in [1.29, 1.82) is 0 Å². The maximum atomic E-state index is 10.5. The first kappa shape index (κ1) is 14.3. The molecule has 0 amide bonds. The van der Waals surface area contributed by atoms with Gasteiger partial charge in [0, 0.05) is 17.4 Å². The fraction of sp³-hybridized carbons (Fsp3) is 0.357. The van der Waals surface area contributed by atoms with Gasteiger partial charge in [-0.05, 0) is 6.42 Å². The number of aliphatic hydroxyl groups excluding tert-OH is 1. The van der Waals surface area contributed by atoms with E-state index < -0.39 is 0 Å². The lowest BCUT2D eigenvalue weighted by Crippen LogP contribution is -1.91. The molecular weight excluding hydrogens is 228 g/mol. The lowest BCUT2D eigenvalue weighted by Gasteiger charge is -1.95. The Kier molecular flexibility index (Phi) is 6.58. The van der Waals surface area contributed by atoms with E-state index in [9.17, 15) is 4.79 Å². The predicted molar refractivity (Wildman–Crippen MR) is 71.5 cm³/mol. The van der Waals surface area contributed by atoms with E-state index in [0.717, 1.165) is 29.9 Å². The molecule has 1 heterocycles. The highest BCUT2D eigenvalue weighted by atomic mass is 16.2. The Balaban J connectivity index is 0.000000232. The van der Waals surface area contributed by atoms with Gasteiger partial charge < -0.3 is 5.11 Å². The van der Waals surface area contributed by atoms with Gasteiger partial charge in [0.1, 0.15) is 5.69 Å². The number of carbonyl (C=O) groups is 1. The normalized spacial score (nSPS) is 9.67. The second kappa shape index (κ2) is 8.31. The van der Waals surface area contributed by atoms with E-state index in [1.165, 1.54) is 6.42 Å². The van der Waals surface area contributed by atoms with E-state index in [1.54, 1.807) is 6.20 Å². The number of aliphatic hydroxyl groups is 1. The summed E-state index contributed by atoms with van der Waals surface area (Å²) in [7, 11) is 0. The van der Waals surface area contributed by atoms with Crippen molar-refractivity contribution in [2.45, 2.75) is 26.2 Å². The van der Waals surface area contributed by atoms with Gasteiger partial charge in [0.05, 0.1) is 6.20 Å². The van der Waals surface area contributed by atoms with Crippen LogP contribution in [0.1, 0.15) is 36.7 Å². The molecule has 96 valence electrons. The molecule has 1 aromatic heterocycles. The van der Waals surface area contributed by atoms with Gasteiger partial charge in [0.25, 0.3) is 0 Å². The fourth-order valence-corrected chi connectivity index (χ4v) is 1.50. The lowest BCUT2D eigenvalue weighted by atomic mass is 10.1. The second-order valence-corrected chi connectivity index (χ2v) is 3.87. The van der Waals surface area contributed by atoms with Gasteiger partial charge in [-0.15, -0.1) is 5.10 Å². The number of rotatable bonds is 4. The molecule has 4 nitrogen and oxygen atoms in total. The van der Waals surface area contributed by atoms with E-state index >= 15 is 0 Å². The number of aromatic nitrogens is 2. The Bertz CT molecular complexity index is 477. The number of carbonyl (C=O) groups excluding carboxylic acids is 1. The van der Waals surface area contributed by atoms with Crippen molar-refractivity contribution in [2.24, 2.45) is 0 Å². The summed E-state index contributed by atoms with van der Waals surface area (Å²) in [5.41, 5.74) is 0.396. The summed E-state index contributed by atoms with van der Waals surface area (Å²) in [5, 5.41) is 17.4. The van der Waals surface area contributed by atoms with Gasteiger partial charge in [0.2, 0.25) is 0 Å². The minimum Gasteiger partial charge on any atom is -0.396 e. The standard InChI is InChI=1S/C9H6N2O.C5H12O/c12-6-9-8-4-2-1-3-7(8)5-10-11-9;1-2-3-4-5-6/h1-6H;6H,2-5H2,1H3. The Morgan fingerprint density at radius 2 is 2.06 bits per heavy atom. The molecule has 0 aliphatic rings. The Hall–Kier alpha value is -1.81. The van der Waals surface area contributed by atoms with Crippen LogP contribution < -0.4 is 0 Å². The third-order valence-electron chi connectivity index (χ3n) is 2.47. The zero-order valence-corrected chi connectivity index (χ0v) is 10.5. The van der Waals surface area contributed by atoms with Crippen LogP contribution in [0, 0.1) is 0 Å². The minimum atomic E-state index is 0.355. The SMILES string of the molecule is CCCCCO.O=Cc1nncc2ccccc12. The van der Waals surface area contributed by atoms with Crippen LogP contribution in [-0.4, -0.2) is 28.2 Å². The topological polar surface area (TPSA) is 63.1 Å². The highest BCUT2D eigenvalue weighted by Gasteiger charge is 1.99. The third kappa shape index (κ3) is 4.22.